The average molecular weight is 225 g/mol. The van der Waals surface area contributed by atoms with Crippen molar-refractivity contribution >= 4 is 11.7 Å². The summed E-state index contributed by atoms with van der Waals surface area (Å²) >= 11 is 0. The Morgan fingerprint density at radius 2 is 2.31 bits per heavy atom. The highest BCUT2D eigenvalue weighted by Crippen LogP contribution is 2.09. The van der Waals surface area contributed by atoms with E-state index in [-0.39, 0.29) is 17.9 Å². The summed E-state index contributed by atoms with van der Waals surface area (Å²) in [7, 11) is 0. The summed E-state index contributed by atoms with van der Waals surface area (Å²) in [5.74, 6) is -1.08. The van der Waals surface area contributed by atoms with Crippen LogP contribution < -0.4 is 11.1 Å². The molecule has 1 aromatic rings. The summed E-state index contributed by atoms with van der Waals surface area (Å²) in [5.41, 5.74) is 6.06. The maximum absolute atomic E-state index is 12.9. The highest BCUT2D eigenvalue weighted by atomic mass is 19.1. The molecular formula is C10H12FN3O2. The molecule has 0 saturated carbocycles. The van der Waals surface area contributed by atoms with Crippen LogP contribution in [0.5, 0.6) is 0 Å². The molecule has 1 aromatic carbocycles. The standard InChI is InChI=1S/C10H12FN3O2/c1-6-2-3-7(11)4-8(6)10(15)13-5-9(12)14-16/h2-4,16H,5H2,1H3,(H2,12,14)(H,13,15). The van der Waals surface area contributed by atoms with Gasteiger partial charge in [-0.2, -0.15) is 0 Å². The van der Waals surface area contributed by atoms with Gasteiger partial charge in [-0.1, -0.05) is 11.2 Å². The minimum Gasteiger partial charge on any atom is -0.409 e. The predicted molar refractivity (Wildman–Crippen MR) is 56.9 cm³/mol. The largest absolute Gasteiger partial charge is 0.409 e. The molecule has 0 aliphatic rings. The Morgan fingerprint density at radius 3 is 2.94 bits per heavy atom. The van der Waals surface area contributed by atoms with Crippen LogP contribution >= 0.6 is 0 Å². The lowest BCUT2D eigenvalue weighted by Gasteiger charge is -2.06. The molecule has 5 nitrogen and oxygen atoms in total. The molecule has 0 saturated heterocycles. The van der Waals surface area contributed by atoms with E-state index in [9.17, 15) is 9.18 Å². The lowest BCUT2D eigenvalue weighted by molar-refractivity contribution is 0.0958. The number of hydrogen-bond acceptors (Lipinski definition) is 3. The fourth-order valence-electron chi connectivity index (χ4n) is 1.14. The molecule has 6 heteroatoms. The zero-order chi connectivity index (χ0) is 12.1. The van der Waals surface area contributed by atoms with Gasteiger partial charge in [0, 0.05) is 5.56 Å². The Bertz CT molecular complexity index is 432. The van der Waals surface area contributed by atoms with E-state index in [4.69, 9.17) is 10.9 Å². The SMILES string of the molecule is Cc1ccc(F)cc1C(=O)NCC(N)=NO. The van der Waals surface area contributed by atoms with Crippen molar-refractivity contribution in [2.45, 2.75) is 6.92 Å². The number of oxime groups is 1. The molecule has 16 heavy (non-hydrogen) atoms. The first-order chi connectivity index (χ1) is 7.54. The van der Waals surface area contributed by atoms with Gasteiger partial charge in [-0.05, 0) is 24.6 Å². The summed E-state index contributed by atoms with van der Waals surface area (Å²) in [6.07, 6.45) is 0. The number of aryl methyl sites for hydroxylation is 1. The minimum absolute atomic E-state index is 0.0920. The van der Waals surface area contributed by atoms with Gasteiger partial charge >= 0.3 is 0 Å². The van der Waals surface area contributed by atoms with Crippen molar-refractivity contribution in [1.82, 2.24) is 5.32 Å². The van der Waals surface area contributed by atoms with Crippen LogP contribution in [-0.4, -0.2) is 23.5 Å². The molecule has 0 aromatic heterocycles. The maximum atomic E-state index is 12.9. The number of rotatable bonds is 3. The third-order valence-electron chi connectivity index (χ3n) is 2.00. The van der Waals surface area contributed by atoms with Crippen molar-refractivity contribution in [3.8, 4) is 0 Å². The molecular weight excluding hydrogens is 213 g/mol. The minimum atomic E-state index is -0.487. The zero-order valence-electron chi connectivity index (χ0n) is 8.70. The van der Waals surface area contributed by atoms with Crippen molar-refractivity contribution in [2.24, 2.45) is 10.9 Å². The van der Waals surface area contributed by atoms with Gasteiger partial charge in [-0.15, -0.1) is 0 Å². The fraction of sp³-hybridized carbons (Fsp3) is 0.200. The molecule has 0 bridgehead atoms. The van der Waals surface area contributed by atoms with Gasteiger partial charge in [0.25, 0.3) is 5.91 Å². The number of carbonyl (C=O) groups excluding carboxylic acids is 1. The molecule has 0 aliphatic heterocycles. The molecule has 4 N–H and O–H groups in total. The number of halogens is 1. The van der Waals surface area contributed by atoms with E-state index in [1.807, 2.05) is 0 Å². The molecule has 86 valence electrons. The topological polar surface area (TPSA) is 87.7 Å². The molecule has 0 heterocycles. The predicted octanol–water partition coefficient (Wildman–Crippen LogP) is 0.610. The molecule has 1 amide bonds. The molecule has 0 spiro atoms. The number of hydrogen-bond donors (Lipinski definition) is 3. The van der Waals surface area contributed by atoms with Crippen molar-refractivity contribution in [2.75, 3.05) is 6.54 Å². The second-order valence-corrected chi connectivity index (χ2v) is 3.23. The normalized spacial score (nSPS) is 11.2. The summed E-state index contributed by atoms with van der Waals surface area (Å²) < 4.78 is 12.9. The van der Waals surface area contributed by atoms with Crippen LogP contribution in [0.2, 0.25) is 0 Å². The number of nitrogens with one attached hydrogen (secondary N) is 1. The third-order valence-corrected chi connectivity index (χ3v) is 2.00. The summed E-state index contributed by atoms with van der Waals surface area (Å²) in [6.45, 7) is 1.60. The van der Waals surface area contributed by atoms with Crippen molar-refractivity contribution in [3.63, 3.8) is 0 Å². The molecule has 1 rings (SSSR count). The van der Waals surface area contributed by atoms with Crippen LogP contribution in [0.15, 0.2) is 23.4 Å². The van der Waals surface area contributed by atoms with E-state index in [1.165, 1.54) is 12.1 Å². The Hall–Kier alpha value is -2.11. The highest BCUT2D eigenvalue weighted by Gasteiger charge is 2.09. The number of benzene rings is 1. The fourth-order valence-corrected chi connectivity index (χ4v) is 1.14. The zero-order valence-corrected chi connectivity index (χ0v) is 8.70. The van der Waals surface area contributed by atoms with E-state index >= 15 is 0 Å². The number of carbonyl (C=O) groups is 1. The van der Waals surface area contributed by atoms with Gasteiger partial charge in [-0.3, -0.25) is 4.79 Å². The first-order valence-electron chi connectivity index (χ1n) is 4.55. The molecule has 0 atom stereocenters. The first-order valence-corrected chi connectivity index (χ1v) is 4.55. The van der Waals surface area contributed by atoms with Gasteiger partial charge in [0.1, 0.15) is 5.82 Å². The number of amides is 1. The average Bonchev–Trinajstić information content (AvgIpc) is 2.28. The molecule has 0 fully saturated rings. The van der Waals surface area contributed by atoms with E-state index in [0.29, 0.717) is 5.56 Å². The second kappa shape index (κ2) is 5.11. The number of nitrogens with zero attached hydrogens (tertiary/aromatic N) is 1. The van der Waals surface area contributed by atoms with Crippen LogP contribution in [0, 0.1) is 12.7 Å². The Morgan fingerprint density at radius 1 is 1.62 bits per heavy atom. The quantitative estimate of drug-likeness (QED) is 0.305. The van der Waals surface area contributed by atoms with Crippen LogP contribution in [-0.2, 0) is 0 Å². The van der Waals surface area contributed by atoms with Gasteiger partial charge in [0.2, 0.25) is 0 Å². The molecule has 0 radical (unpaired) electrons. The van der Waals surface area contributed by atoms with Crippen LogP contribution in [0.25, 0.3) is 0 Å². The Kier molecular flexibility index (Phi) is 3.82. The van der Waals surface area contributed by atoms with Crippen molar-refractivity contribution in [1.29, 1.82) is 0 Å². The van der Waals surface area contributed by atoms with Crippen molar-refractivity contribution < 1.29 is 14.4 Å². The second-order valence-electron chi connectivity index (χ2n) is 3.23. The Labute approximate surface area is 91.8 Å². The third kappa shape index (κ3) is 2.94. The summed E-state index contributed by atoms with van der Waals surface area (Å²) in [4.78, 5) is 11.6. The van der Waals surface area contributed by atoms with Crippen LogP contribution in [0.4, 0.5) is 4.39 Å². The van der Waals surface area contributed by atoms with Crippen molar-refractivity contribution in [3.05, 3.63) is 35.1 Å². The molecule has 0 aliphatic carbocycles. The van der Waals surface area contributed by atoms with Crippen LogP contribution in [0.1, 0.15) is 15.9 Å². The van der Waals surface area contributed by atoms with Gasteiger partial charge in [0.05, 0.1) is 6.54 Å². The highest BCUT2D eigenvalue weighted by molar-refractivity contribution is 5.98. The van der Waals surface area contributed by atoms with Gasteiger partial charge < -0.3 is 16.3 Å². The monoisotopic (exact) mass is 225 g/mol. The smallest absolute Gasteiger partial charge is 0.252 e. The summed E-state index contributed by atoms with van der Waals surface area (Å²) in [5, 5.41) is 13.4. The number of nitrogens with two attached hydrogens (primary N) is 1. The summed E-state index contributed by atoms with van der Waals surface area (Å²) in [6, 6.07) is 3.92. The van der Waals surface area contributed by atoms with Gasteiger partial charge in [0.15, 0.2) is 5.84 Å². The number of amidine groups is 1. The Balaban J connectivity index is 2.77. The van der Waals surface area contributed by atoms with E-state index in [2.05, 4.69) is 10.5 Å². The lowest BCUT2D eigenvalue weighted by atomic mass is 10.1. The van der Waals surface area contributed by atoms with E-state index < -0.39 is 11.7 Å². The van der Waals surface area contributed by atoms with Crippen LogP contribution in [0.3, 0.4) is 0 Å². The lowest BCUT2D eigenvalue weighted by Crippen LogP contribution is -2.33. The van der Waals surface area contributed by atoms with Gasteiger partial charge in [-0.25, -0.2) is 4.39 Å². The maximum Gasteiger partial charge on any atom is 0.252 e. The van der Waals surface area contributed by atoms with E-state index in [1.54, 1.807) is 6.92 Å². The van der Waals surface area contributed by atoms with E-state index in [0.717, 1.165) is 6.07 Å². The first kappa shape index (κ1) is 12.0. The molecule has 0 unspecified atom stereocenters.